The number of carbonyl (C=O) groups is 1. The van der Waals surface area contributed by atoms with Gasteiger partial charge in [-0.05, 0) is 31.5 Å². The van der Waals surface area contributed by atoms with Gasteiger partial charge in [-0.1, -0.05) is 32.9 Å². The lowest BCUT2D eigenvalue weighted by Gasteiger charge is -2.17. The van der Waals surface area contributed by atoms with E-state index in [0.29, 0.717) is 12.3 Å². The maximum atomic E-state index is 12.1. The molecule has 0 aromatic heterocycles. The van der Waals surface area contributed by atoms with Crippen LogP contribution in [0.2, 0.25) is 0 Å². The van der Waals surface area contributed by atoms with Gasteiger partial charge in [0.25, 0.3) is 0 Å². The lowest BCUT2D eigenvalue weighted by molar-refractivity contribution is -0.118. The van der Waals surface area contributed by atoms with Crippen molar-refractivity contribution in [1.29, 1.82) is 0 Å². The van der Waals surface area contributed by atoms with E-state index >= 15 is 0 Å². The minimum Gasteiger partial charge on any atom is -0.351 e. The number of hydrogen-bond acceptors (Lipinski definition) is 4. The first-order valence-electron chi connectivity index (χ1n) is 7.51. The van der Waals surface area contributed by atoms with Crippen molar-refractivity contribution in [2.24, 2.45) is 0 Å². The molecule has 0 saturated carbocycles. The van der Waals surface area contributed by atoms with E-state index in [2.05, 4.69) is 30.8 Å². The van der Waals surface area contributed by atoms with Crippen LogP contribution >= 0.6 is 11.8 Å². The van der Waals surface area contributed by atoms with Crippen LogP contribution in [-0.2, 0) is 21.4 Å². The second-order valence-corrected chi connectivity index (χ2v) is 10.1. The molecule has 7 heteroatoms. The van der Waals surface area contributed by atoms with Gasteiger partial charge >= 0.3 is 0 Å². The Balaban J connectivity index is 2.66. The van der Waals surface area contributed by atoms with Crippen LogP contribution in [-0.4, -0.2) is 30.9 Å². The molecule has 23 heavy (non-hydrogen) atoms. The number of benzene rings is 1. The van der Waals surface area contributed by atoms with Crippen LogP contribution < -0.4 is 10.0 Å². The van der Waals surface area contributed by atoms with Gasteiger partial charge in [-0.3, -0.25) is 4.79 Å². The lowest BCUT2D eigenvalue weighted by atomic mass is 10.2. The Morgan fingerprint density at radius 2 is 1.91 bits per heavy atom. The normalized spacial score (nSPS) is 12.4. The molecule has 1 rings (SSSR count). The lowest BCUT2D eigenvalue weighted by Crippen LogP contribution is -2.30. The molecule has 0 radical (unpaired) electrons. The number of nitrogens with one attached hydrogen (secondary N) is 2. The Morgan fingerprint density at radius 1 is 1.26 bits per heavy atom. The Hall–Kier alpha value is -1.05. The van der Waals surface area contributed by atoms with Gasteiger partial charge < -0.3 is 5.32 Å². The third-order valence-electron chi connectivity index (χ3n) is 2.73. The number of carbonyl (C=O) groups excluding carboxylic acids is 1. The van der Waals surface area contributed by atoms with Gasteiger partial charge in [-0.25, -0.2) is 13.1 Å². The zero-order chi connectivity index (χ0) is 17.7. The average molecular weight is 359 g/mol. The minimum absolute atomic E-state index is 0.0356. The van der Waals surface area contributed by atoms with Gasteiger partial charge in [0.2, 0.25) is 15.9 Å². The summed E-state index contributed by atoms with van der Waals surface area (Å²) in [4.78, 5) is 12.0. The highest BCUT2D eigenvalue weighted by Crippen LogP contribution is 2.22. The largest absolute Gasteiger partial charge is 0.351 e. The maximum Gasteiger partial charge on any atom is 0.240 e. The fourth-order valence-electron chi connectivity index (χ4n) is 1.73. The summed E-state index contributed by atoms with van der Waals surface area (Å²) in [6, 6.07) is 6.44. The highest BCUT2D eigenvalue weighted by Gasteiger charge is 2.16. The minimum atomic E-state index is -3.52. The first-order valence-corrected chi connectivity index (χ1v) is 9.98. The molecule has 0 atom stereocenters. The summed E-state index contributed by atoms with van der Waals surface area (Å²) in [6.45, 7) is 10.0. The van der Waals surface area contributed by atoms with E-state index in [1.165, 1.54) is 0 Å². The molecular weight excluding hydrogens is 332 g/mol. The smallest absolute Gasteiger partial charge is 0.240 e. The first kappa shape index (κ1) is 20.0. The standard InChI is InChI=1S/C16H26N2O3S2/c1-12(2)18-23(20,21)14-8-6-7-13(9-14)10-17-15(19)11-22-16(3,4)5/h6-9,12,18H,10-11H2,1-5H3,(H,17,19). The van der Waals surface area contributed by atoms with Gasteiger partial charge in [0.15, 0.2) is 0 Å². The monoisotopic (exact) mass is 358 g/mol. The van der Waals surface area contributed by atoms with Crippen molar-refractivity contribution in [1.82, 2.24) is 10.0 Å². The number of hydrogen-bond donors (Lipinski definition) is 2. The zero-order valence-electron chi connectivity index (χ0n) is 14.3. The van der Waals surface area contributed by atoms with Crippen LogP contribution in [0.15, 0.2) is 29.2 Å². The third-order valence-corrected chi connectivity index (χ3v) is 5.65. The van der Waals surface area contributed by atoms with Gasteiger partial charge in [0, 0.05) is 17.3 Å². The molecule has 0 aliphatic carbocycles. The molecule has 0 saturated heterocycles. The average Bonchev–Trinajstić information content (AvgIpc) is 2.41. The molecule has 130 valence electrons. The summed E-state index contributed by atoms with van der Waals surface area (Å²) >= 11 is 1.57. The van der Waals surface area contributed by atoms with Crippen molar-refractivity contribution in [2.75, 3.05) is 5.75 Å². The molecule has 2 N–H and O–H groups in total. The van der Waals surface area contributed by atoms with Gasteiger partial charge in [0.05, 0.1) is 10.6 Å². The van der Waals surface area contributed by atoms with Crippen LogP contribution in [0.4, 0.5) is 0 Å². The molecule has 0 spiro atoms. The molecule has 0 aliphatic heterocycles. The molecule has 0 unspecified atom stereocenters. The fraction of sp³-hybridized carbons (Fsp3) is 0.562. The number of rotatable bonds is 7. The maximum absolute atomic E-state index is 12.1. The highest BCUT2D eigenvalue weighted by molar-refractivity contribution is 8.01. The summed E-state index contributed by atoms with van der Waals surface area (Å²) in [7, 11) is -3.52. The molecule has 1 aromatic rings. The van der Waals surface area contributed by atoms with Crippen LogP contribution in [0, 0.1) is 0 Å². The number of thioether (sulfide) groups is 1. The van der Waals surface area contributed by atoms with Crippen molar-refractivity contribution in [2.45, 2.75) is 56.8 Å². The Bertz CT molecular complexity index is 635. The van der Waals surface area contributed by atoms with Crippen molar-refractivity contribution in [3.8, 4) is 0 Å². The van der Waals surface area contributed by atoms with Crippen LogP contribution in [0.25, 0.3) is 0 Å². The summed E-state index contributed by atoms with van der Waals surface area (Å²) < 4.78 is 26.9. The fourth-order valence-corrected chi connectivity index (χ4v) is 3.72. The topological polar surface area (TPSA) is 75.3 Å². The van der Waals surface area contributed by atoms with E-state index in [9.17, 15) is 13.2 Å². The van der Waals surface area contributed by atoms with Crippen LogP contribution in [0.5, 0.6) is 0 Å². The van der Waals surface area contributed by atoms with Gasteiger partial charge in [0.1, 0.15) is 0 Å². The zero-order valence-corrected chi connectivity index (χ0v) is 16.0. The van der Waals surface area contributed by atoms with Crippen LogP contribution in [0.1, 0.15) is 40.2 Å². The molecule has 0 fully saturated rings. The Morgan fingerprint density at radius 3 is 2.48 bits per heavy atom. The van der Waals surface area contributed by atoms with Crippen molar-refractivity contribution >= 4 is 27.7 Å². The van der Waals surface area contributed by atoms with Crippen molar-refractivity contribution in [3.63, 3.8) is 0 Å². The molecule has 1 amide bonds. The highest BCUT2D eigenvalue weighted by atomic mass is 32.2. The number of sulfonamides is 1. The summed E-state index contributed by atoms with van der Waals surface area (Å²) in [5, 5.41) is 2.82. The Labute approximate surface area is 143 Å². The summed E-state index contributed by atoms with van der Waals surface area (Å²) in [6.07, 6.45) is 0. The van der Waals surface area contributed by atoms with E-state index in [0.717, 1.165) is 5.56 Å². The predicted molar refractivity (Wildman–Crippen MR) is 96.0 cm³/mol. The molecule has 0 heterocycles. The second-order valence-electron chi connectivity index (χ2n) is 6.60. The van der Waals surface area contributed by atoms with E-state index in [-0.39, 0.29) is 21.6 Å². The second kappa shape index (κ2) is 8.17. The van der Waals surface area contributed by atoms with E-state index < -0.39 is 10.0 Å². The van der Waals surface area contributed by atoms with Crippen molar-refractivity contribution in [3.05, 3.63) is 29.8 Å². The molecule has 5 nitrogen and oxygen atoms in total. The van der Waals surface area contributed by atoms with Gasteiger partial charge in [-0.2, -0.15) is 0 Å². The summed E-state index contributed by atoms with van der Waals surface area (Å²) in [5.74, 6) is 0.328. The summed E-state index contributed by atoms with van der Waals surface area (Å²) in [5.41, 5.74) is 0.755. The van der Waals surface area contributed by atoms with E-state index in [1.807, 2.05) is 0 Å². The SMILES string of the molecule is CC(C)NS(=O)(=O)c1cccc(CNC(=O)CSC(C)(C)C)c1. The Kier molecular flexibility index (Phi) is 7.10. The van der Waals surface area contributed by atoms with E-state index in [4.69, 9.17) is 0 Å². The van der Waals surface area contributed by atoms with Gasteiger partial charge in [-0.15, -0.1) is 11.8 Å². The molecule has 0 bridgehead atoms. The van der Waals surface area contributed by atoms with Crippen LogP contribution in [0.3, 0.4) is 0 Å². The molecule has 1 aromatic carbocycles. The quantitative estimate of drug-likeness (QED) is 0.785. The molecular formula is C16H26N2O3S2. The van der Waals surface area contributed by atoms with E-state index in [1.54, 1.807) is 49.9 Å². The van der Waals surface area contributed by atoms with Crippen molar-refractivity contribution < 1.29 is 13.2 Å². The first-order chi connectivity index (χ1) is 10.5. The predicted octanol–water partition coefficient (Wildman–Crippen LogP) is 2.52. The number of amides is 1. The molecule has 0 aliphatic rings. The third kappa shape index (κ3) is 7.85.